The van der Waals surface area contributed by atoms with Crippen molar-refractivity contribution < 1.29 is 4.79 Å². The molecule has 1 nitrogen and oxygen atoms in total. The first-order chi connectivity index (χ1) is 8.15. The molecule has 0 radical (unpaired) electrons. The molecule has 0 aliphatic heterocycles. The molecule has 2 atom stereocenters. The Balaban J connectivity index is 2.14. The van der Waals surface area contributed by atoms with Gasteiger partial charge in [-0.2, -0.15) is 0 Å². The molecule has 0 amide bonds. The monoisotopic (exact) mass is 312 g/mol. The smallest absolute Gasteiger partial charge is 0.163 e. The fraction of sp³-hybridized carbons (Fsp3) is 0.500. The van der Waals surface area contributed by atoms with Crippen molar-refractivity contribution in [2.75, 3.05) is 0 Å². The van der Waals surface area contributed by atoms with Crippen LogP contribution in [0.15, 0.2) is 16.6 Å². The van der Waals surface area contributed by atoms with Crippen LogP contribution in [0.4, 0.5) is 0 Å². The Labute approximate surface area is 115 Å². The predicted molar refractivity (Wildman–Crippen MR) is 72.8 cm³/mol. The van der Waals surface area contributed by atoms with Crippen molar-refractivity contribution >= 4 is 33.3 Å². The van der Waals surface area contributed by atoms with Crippen LogP contribution in [-0.4, -0.2) is 5.78 Å². The maximum Gasteiger partial charge on any atom is 0.163 e. The van der Waals surface area contributed by atoms with E-state index in [1.165, 1.54) is 31.2 Å². The van der Waals surface area contributed by atoms with Gasteiger partial charge < -0.3 is 0 Å². The van der Waals surface area contributed by atoms with Crippen molar-refractivity contribution in [1.29, 1.82) is 0 Å². The SMILES string of the molecule is O=C1CC2CCCC(C2)c2cc(Br)c(Cl)cc21. The number of rotatable bonds is 0. The summed E-state index contributed by atoms with van der Waals surface area (Å²) in [7, 11) is 0. The lowest BCUT2D eigenvalue weighted by molar-refractivity contribution is 0.0957. The van der Waals surface area contributed by atoms with Crippen LogP contribution in [0.1, 0.15) is 53.9 Å². The van der Waals surface area contributed by atoms with Crippen molar-refractivity contribution in [1.82, 2.24) is 0 Å². The summed E-state index contributed by atoms with van der Waals surface area (Å²) in [6.45, 7) is 0. The second-order valence-electron chi connectivity index (χ2n) is 5.21. The Hall–Kier alpha value is -0.340. The molecule has 0 spiro atoms. The quantitative estimate of drug-likeness (QED) is 0.661. The van der Waals surface area contributed by atoms with Crippen LogP contribution in [-0.2, 0) is 0 Å². The summed E-state index contributed by atoms with van der Waals surface area (Å²) < 4.78 is 0.912. The first-order valence-corrected chi connectivity index (χ1v) is 7.34. The maximum atomic E-state index is 12.2. The van der Waals surface area contributed by atoms with Gasteiger partial charge in [0.05, 0.1) is 5.02 Å². The second-order valence-corrected chi connectivity index (χ2v) is 6.47. The number of hydrogen-bond donors (Lipinski definition) is 0. The van der Waals surface area contributed by atoms with E-state index in [4.69, 9.17) is 11.6 Å². The summed E-state index contributed by atoms with van der Waals surface area (Å²) in [6.07, 6.45) is 5.56. The third-order valence-electron chi connectivity index (χ3n) is 4.09. The van der Waals surface area contributed by atoms with E-state index in [1.807, 2.05) is 6.07 Å². The van der Waals surface area contributed by atoms with Gasteiger partial charge in [0, 0.05) is 16.5 Å². The number of Topliss-reactive ketones (excluding diaryl/α,β-unsaturated/α-hetero) is 1. The highest BCUT2D eigenvalue weighted by Crippen LogP contribution is 2.44. The molecule has 1 fully saturated rings. The minimum absolute atomic E-state index is 0.281. The van der Waals surface area contributed by atoms with E-state index >= 15 is 0 Å². The number of carbonyl (C=O) groups is 1. The van der Waals surface area contributed by atoms with Crippen LogP contribution in [0, 0.1) is 5.92 Å². The minimum atomic E-state index is 0.281. The van der Waals surface area contributed by atoms with Crippen LogP contribution >= 0.6 is 27.5 Å². The highest BCUT2D eigenvalue weighted by molar-refractivity contribution is 9.10. The Morgan fingerprint density at radius 2 is 2.12 bits per heavy atom. The van der Waals surface area contributed by atoms with E-state index in [0.29, 0.717) is 23.3 Å². The van der Waals surface area contributed by atoms with Gasteiger partial charge in [-0.3, -0.25) is 4.79 Å². The van der Waals surface area contributed by atoms with Gasteiger partial charge in [-0.15, -0.1) is 0 Å². The van der Waals surface area contributed by atoms with Crippen molar-refractivity contribution in [2.45, 2.75) is 38.0 Å². The Morgan fingerprint density at radius 1 is 1.29 bits per heavy atom. The van der Waals surface area contributed by atoms with Gasteiger partial charge in [0.15, 0.2) is 5.78 Å². The molecule has 2 aliphatic rings. The first-order valence-electron chi connectivity index (χ1n) is 6.17. The molecule has 3 rings (SSSR count). The molecule has 2 bridgehead atoms. The molecule has 0 saturated heterocycles. The zero-order valence-corrected chi connectivity index (χ0v) is 11.9. The molecule has 1 saturated carbocycles. The van der Waals surface area contributed by atoms with E-state index in [2.05, 4.69) is 22.0 Å². The second kappa shape index (κ2) is 4.40. The summed E-state index contributed by atoms with van der Waals surface area (Å²) in [5.74, 6) is 1.43. The van der Waals surface area contributed by atoms with Gasteiger partial charge in [0.25, 0.3) is 0 Å². The topological polar surface area (TPSA) is 17.1 Å². The molecule has 0 N–H and O–H groups in total. The largest absolute Gasteiger partial charge is 0.294 e. The number of fused-ring (bicyclic) bond motifs is 4. The van der Waals surface area contributed by atoms with Gasteiger partial charge >= 0.3 is 0 Å². The van der Waals surface area contributed by atoms with Crippen molar-refractivity contribution in [3.63, 3.8) is 0 Å². The zero-order valence-electron chi connectivity index (χ0n) is 9.51. The maximum absolute atomic E-state index is 12.2. The summed E-state index contributed by atoms with van der Waals surface area (Å²) in [4.78, 5) is 12.2. The van der Waals surface area contributed by atoms with Crippen LogP contribution in [0.5, 0.6) is 0 Å². The molecule has 0 heterocycles. The summed E-state index contributed by atoms with van der Waals surface area (Å²) in [5.41, 5.74) is 2.08. The normalized spacial score (nSPS) is 27.5. The molecule has 90 valence electrons. The molecule has 1 aromatic carbocycles. The molecule has 2 unspecified atom stereocenters. The Bertz CT molecular complexity index is 483. The van der Waals surface area contributed by atoms with Crippen molar-refractivity contribution in [3.8, 4) is 0 Å². The van der Waals surface area contributed by atoms with Gasteiger partial charge in [-0.05, 0) is 64.7 Å². The van der Waals surface area contributed by atoms with Crippen molar-refractivity contribution in [2.24, 2.45) is 5.92 Å². The van der Waals surface area contributed by atoms with E-state index in [1.54, 1.807) is 0 Å². The van der Waals surface area contributed by atoms with E-state index in [-0.39, 0.29) is 5.78 Å². The Kier molecular flexibility index (Phi) is 3.04. The zero-order chi connectivity index (χ0) is 12.0. The third kappa shape index (κ3) is 2.06. The summed E-state index contributed by atoms with van der Waals surface area (Å²) >= 11 is 9.57. The molecular formula is C14H14BrClO. The summed E-state index contributed by atoms with van der Waals surface area (Å²) in [5, 5.41) is 0.647. The average molecular weight is 314 g/mol. The van der Waals surface area contributed by atoms with Crippen LogP contribution in [0.3, 0.4) is 0 Å². The first kappa shape index (κ1) is 11.7. The van der Waals surface area contributed by atoms with Gasteiger partial charge in [-0.25, -0.2) is 0 Å². The highest BCUT2D eigenvalue weighted by Gasteiger charge is 2.32. The predicted octanol–water partition coefficient (Wildman–Crippen LogP) is 4.96. The number of ketones is 1. The van der Waals surface area contributed by atoms with Crippen molar-refractivity contribution in [3.05, 3.63) is 32.8 Å². The van der Waals surface area contributed by atoms with Crippen LogP contribution in [0.2, 0.25) is 5.02 Å². The lowest BCUT2D eigenvalue weighted by atomic mass is 9.79. The van der Waals surface area contributed by atoms with E-state index in [0.717, 1.165) is 10.0 Å². The van der Waals surface area contributed by atoms with Gasteiger partial charge in [-0.1, -0.05) is 18.0 Å². The Morgan fingerprint density at radius 3 is 2.94 bits per heavy atom. The molecular weight excluding hydrogens is 300 g/mol. The van der Waals surface area contributed by atoms with Gasteiger partial charge in [0.2, 0.25) is 0 Å². The molecule has 2 aliphatic carbocycles. The highest BCUT2D eigenvalue weighted by atomic mass is 79.9. The molecule has 3 heteroatoms. The lowest BCUT2D eigenvalue weighted by Gasteiger charge is -2.26. The molecule has 17 heavy (non-hydrogen) atoms. The standard InChI is InChI=1S/C14H14BrClO/c15-12-6-10-9-3-1-2-8(4-9)5-14(17)11(10)7-13(12)16/h6-9H,1-5H2. The van der Waals surface area contributed by atoms with Gasteiger partial charge in [0.1, 0.15) is 0 Å². The average Bonchev–Trinajstić information content (AvgIpc) is 2.39. The minimum Gasteiger partial charge on any atom is -0.294 e. The van der Waals surface area contributed by atoms with E-state index < -0.39 is 0 Å². The number of carbonyl (C=O) groups excluding carboxylic acids is 1. The number of halogens is 2. The fourth-order valence-electron chi connectivity index (χ4n) is 3.27. The van der Waals surface area contributed by atoms with Crippen LogP contribution in [0.25, 0.3) is 0 Å². The summed E-state index contributed by atoms with van der Waals surface area (Å²) in [6, 6.07) is 3.91. The number of hydrogen-bond acceptors (Lipinski definition) is 1. The lowest BCUT2D eigenvalue weighted by Crippen LogP contribution is -2.12. The third-order valence-corrected chi connectivity index (χ3v) is 5.29. The fourth-order valence-corrected chi connectivity index (χ4v) is 3.80. The molecule has 0 aromatic heterocycles. The van der Waals surface area contributed by atoms with Crippen LogP contribution < -0.4 is 0 Å². The molecule has 1 aromatic rings. The number of benzene rings is 1. The van der Waals surface area contributed by atoms with E-state index in [9.17, 15) is 4.79 Å².